The summed E-state index contributed by atoms with van der Waals surface area (Å²) >= 11 is 0. The number of esters is 1. The molecule has 2 N–H and O–H groups in total. The number of nitrogens with one attached hydrogen (secondary N) is 1. The standard InChI is InChI=1S/C40H59BN2O13/c1-36(2,3)52-33(47)30-26(50-24-20-43(21-24)32(46)25(19-29(44)45)42-34(48)53-37(4,5)6)14-13-22(31(30)51-35(49)54-38(7,8)9)15-16-41-55-28-18-23-17-27(39(23,10)11)40(28,12)56-41/h13-14,23-25,27-28H,15-21H2,1-12H3,(H,42,48)(H,44,45)/t23-,25?,27-,28+,40-/m0/s1. The third-order valence-electron chi connectivity index (χ3n) is 10.9. The minimum atomic E-state index is -1.38. The Morgan fingerprint density at radius 1 is 0.929 bits per heavy atom. The van der Waals surface area contributed by atoms with Crippen LogP contribution in [-0.2, 0) is 39.5 Å². The molecule has 16 heteroatoms. The molecule has 2 bridgehead atoms. The van der Waals surface area contributed by atoms with E-state index in [9.17, 15) is 29.1 Å². The SMILES string of the molecule is CC(C)(C)OC(=O)NC(CC(=O)O)C(=O)N1CC(Oc2ccc(CCB3O[C@@H]4C[C@@H]5C[C@@H](C5(C)C)[C@]4(C)O3)c(OC(=O)OC(C)(C)C)c2C(=O)OC(C)(C)C)C1. The lowest BCUT2D eigenvalue weighted by Crippen LogP contribution is -2.65. The van der Waals surface area contributed by atoms with Crippen molar-refractivity contribution in [2.24, 2.45) is 17.3 Å². The summed E-state index contributed by atoms with van der Waals surface area (Å²) in [5.41, 5.74) is -2.57. The predicted octanol–water partition coefficient (Wildman–Crippen LogP) is 6.18. The molecular weight excluding hydrogens is 727 g/mol. The number of aliphatic carboxylic acids is 1. The summed E-state index contributed by atoms with van der Waals surface area (Å²) in [6.45, 7) is 21.9. The maximum atomic E-state index is 14.0. The van der Waals surface area contributed by atoms with Gasteiger partial charge in [-0.25, -0.2) is 14.4 Å². The number of aryl methyl sites for hydroxylation is 1. The number of rotatable bonds is 11. The summed E-state index contributed by atoms with van der Waals surface area (Å²) < 4.78 is 41.7. The Hall–Kier alpha value is -4.05. The molecule has 0 aromatic heterocycles. The molecule has 2 aliphatic heterocycles. The Morgan fingerprint density at radius 3 is 2.12 bits per heavy atom. The molecule has 56 heavy (non-hydrogen) atoms. The largest absolute Gasteiger partial charge is 0.514 e. The van der Waals surface area contributed by atoms with Crippen LogP contribution in [0.2, 0.25) is 6.32 Å². The van der Waals surface area contributed by atoms with E-state index in [0.29, 0.717) is 30.1 Å². The third-order valence-corrected chi connectivity index (χ3v) is 10.9. The van der Waals surface area contributed by atoms with Crippen LogP contribution in [0.5, 0.6) is 11.5 Å². The summed E-state index contributed by atoms with van der Waals surface area (Å²) in [4.78, 5) is 65.9. The van der Waals surface area contributed by atoms with Gasteiger partial charge in [-0.2, -0.15) is 0 Å². The summed E-state index contributed by atoms with van der Waals surface area (Å²) in [5.74, 6) is -1.81. The van der Waals surface area contributed by atoms with Crippen LogP contribution in [0.15, 0.2) is 12.1 Å². The number of benzene rings is 1. The molecule has 1 unspecified atom stereocenters. The van der Waals surface area contributed by atoms with E-state index >= 15 is 0 Å². The molecule has 2 amide bonds. The molecule has 1 aromatic rings. The molecule has 2 saturated heterocycles. The Bertz CT molecular complexity index is 1700. The van der Waals surface area contributed by atoms with Crippen molar-refractivity contribution in [2.75, 3.05) is 13.1 Å². The lowest BCUT2D eigenvalue weighted by molar-refractivity contribution is -0.199. The van der Waals surface area contributed by atoms with Crippen LogP contribution in [0.1, 0.15) is 118 Å². The fraction of sp³-hybridized carbons (Fsp3) is 0.725. The Labute approximate surface area is 329 Å². The Kier molecular flexibility index (Phi) is 11.8. The molecule has 0 spiro atoms. The monoisotopic (exact) mass is 786 g/mol. The van der Waals surface area contributed by atoms with Crippen molar-refractivity contribution in [1.29, 1.82) is 0 Å². The number of alkyl carbamates (subject to hydrolysis) is 1. The number of carboxylic acids is 1. The van der Waals surface area contributed by atoms with E-state index in [1.807, 2.05) is 0 Å². The van der Waals surface area contributed by atoms with Gasteiger partial charge in [0.15, 0.2) is 5.75 Å². The first-order valence-electron chi connectivity index (χ1n) is 19.5. The van der Waals surface area contributed by atoms with Crippen LogP contribution in [0.4, 0.5) is 9.59 Å². The van der Waals surface area contributed by atoms with Crippen LogP contribution in [0.3, 0.4) is 0 Å². The van der Waals surface area contributed by atoms with Crippen LogP contribution in [-0.4, -0.2) is 101 Å². The van der Waals surface area contributed by atoms with Crippen LogP contribution in [0.25, 0.3) is 0 Å². The molecule has 3 saturated carbocycles. The fourth-order valence-electron chi connectivity index (χ4n) is 8.16. The van der Waals surface area contributed by atoms with E-state index in [1.54, 1.807) is 74.4 Å². The van der Waals surface area contributed by atoms with Gasteiger partial charge in [0.05, 0.1) is 31.2 Å². The molecule has 6 rings (SSSR count). The average molecular weight is 787 g/mol. The number of ether oxygens (including phenoxy) is 5. The highest BCUT2D eigenvalue weighted by Gasteiger charge is 2.67. The first kappa shape index (κ1) is 43.1. The van der Waals surface area contributed by atoms with E-state index in [-0.39, 0.29) is 41.7 Å². The quantitative estimate of drug-likeness (QED) is 0.112. The molecule has 15 nitrogen and oxygen atoms in total. The first-order valence-corrected chi connectivity index (χ1v) is 19.5. The molecule has 2 heterocycles. The maximum absolute atomic E-state index is 14.0. The van der Waals surface area contributed by atoms with Gasteiger partial charge in [-0.05, 0) is 124 Å². The second-order valence-electron chi connectivity index (χ2n) is 19.2. The van der Waals surface area contributed by atoms with Gasteiger partial charge in [-0.3, -0.25) is 9.59 Å². The van der Waals surface area contributed by atoms with Gasteiger partial charge in [0.25, 0.3) is 0 Å². The topological polar surface area (TPSA) is 185 Å². The smallest absolute Gasteiger partial charge is 0.486 e. The zero-order chi connectivity index (χ0) is 41.8. The lowest BCUT2D eigenvalue weighted by Gasteiger charge is -2.64. The van der Waals surface area contributed by atoms with Crippen molar-refractivity contribution in [1.82, 2.24) is 10.2 Å². The second kappa shape index (κ2) is 15.4. The highest BCUT2D eigenvalue weighted by molar-refractivity contribution is 6.45. The number of likely N-dealkylation sites (tertiary alicyclic amines) is 1. The van der Waals surface area contributed by atoms with Gasteiger partial charge < -0.3 is 48.3 Å². The van der Waals surface area contributed by atoms with Crippen molar-refractivity contribution in [3.8, 4) is 11.5 Å². The lowest BCUT2D eigenvalue weighted by atomic mass is 9.43. The molecule has 3 aliphatic carbocycles. The van der Waals surface area contributed by atoms with Gasteiger partial charge >= 0.3 is 31.3 Å². The predicted molar refractivity (Wildman–Crippen MR) is 204 cm³/mol. The molecule has 5 atom stereocenters. The van der Waals surface area contributed by atoms with E-state index in [0.717, 1.165) is 12.8 Å². The van der Waals surface area contributed by atoms with Gasteiger partial charge in [0.2, 0.25) is 5.91 Å². The third kappa shape index (κ3) is 9.90. The number of amides is 2. The van der Waals surface area contributed by atoms with E-state index in [2.05, 4.69) is 26.1 Å². The molecule has 5 aliphatic rings. The minimum Gasteiger partial charge on any atom is -0.486 e. The summed E-state index contributed by atoms with van der Waals surface area (Å²) in [6, 6.07) is 1.90. The van der Waals surface area contributed by atoms with E-state index < -0.39 is 78.2 Å². The van der Waals surface area contributed by atoms with Crippen LogP contribution >= 0.6 is 0 Å². The van der Waals surface area contributed by atoms with E-state index in [4.69, 9.17) is 33.0 Å². The average Bonchev–Trinajstić information content (AvgIpc) is 3.34. The number of nitrogens with zero attached hydrogens (tertiary/aromatic N) is 1. The van der Waals surface area contributed by atoms with Crippen LogP contribution < -0.4 is 14.8 Å². The normalized spacial score (nSPS) is 24.8. The highest BCUT2D eigenvalue weighted by atomic mass is 16.7. The molecule has 310 valence electrons. The van der Waals surface area contributed by atoms with Crippen molar-refractivity contribution in [2.45, 2.75) is 156 Å². The number of hydrogen-bond acceptors (Lipinski definition) is 12. The number of carbonyl (C=O) groups excluding carboxylic acids is 4. The first-order chi connectivity index (χ1) is 25.6. The van der Waals surface area contributed by atoms with Crippen molar-refractivity contribution >= 4 is 37.2 Å². The molecule has 0 radical (unpaired) electrons. The second-order valence-corrected chi connectivity index (χ2v) is 19.2. The Balaban J connectivity index is 1.38. The number of carboxylic acid groups (broad SMARTS) is 1. The van der Waals surface area contributed by atoms with Crippen molar-refractivity contribution in [3.05, 3.63) is 23.3 Å². The number of hydrogen-bond donors (Lipinski definition) is 2. The maximum Gasteiger partial charge on any atom is 0.514 e. The summed E-state index contributed by atoms with van der Waals surface area (Å²) in [5, 5.41) is 11.8. The molecule has 5 fully saturated rings. The van der Waals surface area contributed by atoms with Crippen molar-refractivity contribution in [3.63, 3.8) is 0 Å². The Morgan fingerprint density at radius 2 is 1.55 bits per heavy atom. The fourth-order valence-corrected chi connectivity index (χ4v) is 8.16. The summed E-state index contributed by atoms with van der Waals surface area (Å²) in [6.07, 6.45) is -0.514. The van der Waals surface area contributed by atoms with Gasteiger partial charge in [-0.1, -0.05) is 19.9 Å². The van der Waals surface area contributed by atoms with Gasteiger partial charge in [-0.15, -0.1) is 0 Å². The van der Waals surface area contributed by atoms with Crippen molar-refractivity contribution < 1.29 is 62.1 Å². The minimum absolute atomic E-state index is 0.0116. The zero-order valence-electron chi connectivity index (χ0n) is 34.9. The number of carbonyl (C=O) groups is 5. The van der Waals surface area contributed by atoms with Gasteiger partial charge in [0, 0.05) is 0 Å². The summed E-state index contributed by atoms with van der Waals surface area (Å²) in [7, 11) is -0.510. The highest BCUT2D eigenvalue weighted by Crippen LogP contribution is 2.65. The van der Waals surface area contributed by atoms with E-state index in [1.165, 1.54) is 4.90 Å². The zero-order valence-corrected chi connectivity index (χ0v) is 34.9. The van der Waals surface area contributed by atoms with Gasteiger partial charge in [0.1, 0.15) is 40.3 Å². The molecular formula is C40H59BN2O13. The van der Waals surface area contributed by atoms with Crippen LogP contribution in [0, 0.1) is 17.3 Å². The molecule has 1 aromatic carbocycles.